The molecule has 3 N–H and O–H groups in total. The first-order chi connectivity index (χ1) is 9.26. The van der Waals surface area contributed by atoms with Gasteiger partial charge in [-0.05, 0) is 36.6 Å². The average Bonchev–Trinajstić information content (AvgIpc) is 2.46. The Hall–Kier alpha value is -1.52. The molecule has 2 aromatic rings. The van der Waals surface area contributed by atoms with Crippen molar-refractivity contribution in [3.63, 3.8) is 0 Å². The molecule has 0 aliphatic carbocycles. The summed E-state index contributed by atoms with van der Waals surface area (Å²) in [6.07, 6.45) is 3.80. The van der Waals surface area contributed by atoms with E-state index in [9.17, 15) is 0 Å². The highest BCUT2D eigenvalue weighted by molar-refractivity contribution is 7.98. The highest BCUT2D eigenvalue weighted by atomic mass is 32.2. The Labute approximate surface area is 118 Å². The lowest BCUT2D eigenvalue weighted by molar-refractivity contribution is 0.630. The van der Waals surface area contributed by atoms with Gasteiger partial charge in [-0.15, -0.1) is 11.8 Å². The van der Waals surface area contributed by atoms with E-state index in [0.717, 1.165) is 12.1 Å². The maximum atomic E-state index is 5.99. The number of aromatic nitrogens is 1. The van der Waals surface area contributed by atoms with E-state index in [-0.39, 0.29) is 6.04 Å². The number of nitrogens with one attached hydrogen (secondary N) is 1. The van der Waals surface area contributed by atoms with Crippen LogP contribution in [0.4, 0.5) is 5.82 Å². The third-order valence-electron chi connectivity index (χ3n) is 3.04. The van der Waals surface area contributed by atoms with Crippen LogP contribution in [0.3, 0.4) is 0 Å². The summed E-state index contributed by atoms with van der Waals surface area (Å²) < 4.78 is 0. The summed E-state index contributed by atoms with van der Waals surface area (Å²) in [5.41, 5.74) is 8.23. The van der Waals surface area contributed by atoms with E-state index < -0.39 is 0 Å². The first kappa shape index (κ1) is 13.9. The Kier molecular flexibility index (Phi) is 4.82. The van der Waals surface area contributed by atoms with Gasteiger partial charge < -0.3 is 11.1 Å². The predicted octanol–water partition coefficient (Wildman–Crippen LogP) is 3.08. The summed E-state index contributed by atoms with van der Waals surface area (Å²) in [5, 5.41) is 3.47. The minimum Gasteiger partial charge on any atom is -0.383 e. The number of rotatable bonds is 5. The molecule has 0 fully saturated rings. The van der Waals surface area contributed by atoms with Crippen LogP contribution in [0.1, 0.15) is 24.1 Å². The molecule has 100 valence electrons. The van der Waals surface area contributed by atoms with Crippen LogP contribution in [-0.2, 0) is 0 Å². The lowest BCUT2D eigenvalue weighted by Crippen LogP contribution is -2.23. The van der Waals surface area contributed by atoms with Gasteiger partial charge in [0, 0.05) is 16.7 Å². The van der Waals surface area contributed by atoms with E-state index in [0.29, 0.717) is 5.82 Å². The zero-order valence-electron chi connectivity index (χ0n) is 11.3. The number of nitrogen functional groups attached to an aromatic ring is 1. The quantitative estimate of drug-likeness (QED) is 0.822. The van der Waals surface area contributed by atoms with Crippen molar-refractivity contribution >= 4 is 17.6 Å². The molecule has 0 bridgehead atoms. The van der Waals surface area contributed by atoms with Crippen molar-refractivity contribution in [2.24, 2.45) is 0 Å². The Morgan fingerprint density at radius 1 is 1.26 bits per heavy atom. The predicted molar refractivity (Wildman–Crippen MR) is 82.4 cm³/mol. The number of hydrogen-bond donors (Lipinski definition) is 2. The normalized spacial score (nSPS) is 12.3. The van der Waals surface area contributed by atoms with Gasteiger partial charge in [-0.2, -0.15) is 0 Å². The molecule has 2 rings (SSSR count). The summed E-state index contributed by atoms with van der Waals surface area (Å²) in [6, 6.07) is 12.6. The van der Waals surface area contributed by atoms with Crippen LogP contribution < -0.4 is 11.1 Å². The standard InChI is InChI=1S/C15H19N3S/c1-3-17-14(13-5-4-10-18-15(13)16)11-6-8-12(19-2)9-7-11/h4-10,14,17H,3H2,1-2H3,(H2,16,18). The zero-order valence-corrected chi connectivity index (χ0v) is 12.1. The summed E-state index contributed by atoms with van der Waals surface area (Å²) >= 11 is 1.74. The van der Waals surface area contributed by atoms with Crippen LogP contribution in [0.2, 0.25) is 0 Å². The van der Waals surface area contributed by atoms with E-state index in [4.69, 9.17) is 5.73 Å². The van der Waals surface area contributed by atoms with Crippen LogP contribution in [-0.4, -0.2) is 17.8 Å². The topological polar surface area (TPSA) is 50.9 Å². The second-order valence-electron chi connectivity index (χ2n) is 4.24. The first-order valence-electron chi connectivity index (χ1n) is 6.34. The molecule has 1 aromatic heterocycles. The van der Waals surface area contributed by atoms with Gasteiger partial charge in [-0.1, -0.05) is 25.1 Å². The Morgan fingerprint density at radius 2 is 2.00 bits per heavy atom. The van der Waals surface area contributed by atoms with E-state index in [1.165, 1.54) is 10.5 Å². The molecule has 1 aromatic carbocycles. The van der Waals surface area contributed by atoms with Gasteiger partial charge in [-0.25, -0.2) is 4.98 Å². The number of hydrogen-bond acceptors (Lipinski definition) is 4. The number of pyridine rings is 1. The van der Waals surface area contributed by atoms with Crippen LogP contribution in [0, 0.1) is 0 Å². The lowest BCUT2D eigenvalue weighted by atomic mass is 9.99. The van der Waals surface area contributed by atoms with Crippen LogP contribution in [0.25, 0.3) is 0 Å². The summed E-state index contributed by atoms with van der Waals surface area (Å²) in [4.78, 5) is 5.44. The van der Waals surface area contributed by atoms with Gasteiger partial charge >= 0.3 is 0 Å². The van der Waals surface area contributed by atoms with Crippen molar-refractivity contribution < 1.29 is 0 Å². The molecule has 1 unspecified atom stereocenters. The second-order valence-corrected chi connectivity index (χ2v) is 5.12. The van der Waals surface area contributed by atoms with Gasteiger partial charge in [0.25, 0.3) is 0 Å². The molecule has 0 amide bonds. The fraction of sp³-hybridized carbons (Fsp3) is 0.267. The summed E-state index contributed by atoms with van der Waals surface area (Å²) in [5.74, 6) is 0.586. The zero-order chi connectivity index (χ0) is 13.7. The Balaban J connectivity index is 2.36. The molecule has 0 saturated carbocycles. The Bertz CT molecular complexity index is 525. The van der Waals surface area contributed by atoms with Crippen molar-refractivity contribution in [1.29, 1.82) is 0 Å². The molecular weight excluding hydrogens is 254 g/mol. The van der Waals surface area contributed by atoms with Gasteiger partial charge in [0.15, 0.2) is 0 Å². The van der Waals surface area contributed by atoms with Crippen LogP contribution in [0.5, 0.6) is 0 Å². The monoisotopic (exact) mass is 273 g/mol. The minimum atomic E-state index is 0.0922. The number of nitrogens with two attached hydrogens (primary N) is 1. The summed E-state index contributed by atoms with van der Waals surface area (Å²) in [6.45, 7) is 2.97. The van der Waals surface area contributed by atoms with Crippen LogP contribution in [0.15, 0.2) is 47.5 Å². The first-order valence-corrected chi connectivity index (χ1v) is 7.56. The van der Waals surface area contributed by atoms with Gasteiger partial charge in [0.1, 0.15) is 5.82 Å². The van der Waals surface area contributed by atoms with Crippen LogP contribution >= 0.6 is 11.8 Å². The van der Waals surface area contributed by atoms with Crippen molar-refractivity contribution in [2.75, 3.05) is 18.5 Å². The molecule has 1 atom stereocenters. The van der Waals surface area contributed by atoms with Crippen molar-refractivity contribution in [1.82, 2.24) is 10.3 Å². The molecule has 0 aliphatic rings. The van der Waals surface area contributed by atoms with Gasteiger partial charge in [0.05, 0.1) is 6.04 Å². The number of thioether (sulfide) groups is 1. The maximum Gasteiger partial charge on any atom is 0.128 e. The molecule has 19 heavy (non-hydrogen) atoms. The van der Waals surface area contributed by atoms with E-state index in [2.05, 4.69) is 47.7 Å². The number of benzene rings is 1. The van der Waals surface area contributed by atoms with Crippen molar-refractivity contribution in [3.8, 4) is 0 Å². The molecule has 4 heteroatoms. The highest BCUT2D eigenvalue weighted by Crippen LogP contribution is 2.26. The summed E-state index contributed by atoms with van der Waals surface area (Å²) in [7, 11) is 0. The largest absolute Gasteiger partial charge is 0.383 e. The maximum absolute atomic E-state index is 5.99. The van der Waals surface area contributed by atoms with Gasteiger partial charge in [0.2, 0.25) is 0 Å². The SMILES string of the molecule is CCNC(c1ccc(SC)cc1)c1cccnc1N. The van der Waals surface area contributed by atoms with E-state index >= 15 is 0 Å². The van der Waals surface area contributed by atoms with Gasteiger partial charge in [-0.3, -0.25) is 0 Å². The fourth-order valence-corrected chi connectivity index (χ4v) is 2.49. The third kappa shape index (κ3) is 3.28. The molecule has 3 nitrogen and oxygen atoms in total. The van der Waals surface area contributed by atoms with E-state index in [1.807, 2.05) is 12.1 Å². The fourth-order valence-electron chi connectivity index (χ4n) is 2.08. The average molecular weight is 273 g/mol. The third-order valence-corrected chi connectivity index (χ3v) is 3.78. The Morgan fingerprint density at radius 3 is 2.58 bits per heavy atom. The van der Waals surface area contributed by atoms with Crippen molar-refractivity contribution in [2.45, 2.75) is 17.9 Å². The molecule has 0 spiro atoms. The highest BCUT2D eigenvalue weighted by Gasteiger charge is 2.15. The lowest BCUT2D eigenvalue weighted by Gasteiger charge is -2.20. The smallest absolute Gasteiger partial charge is 0.128 e. The second kappa shape index (κ2) is 6.59. The number of anilines is 1. The minimum absolute atomic E-state index is 0.0922. The van der Waals surface area contributed by atoms with Crippen molar-refractivity contribution in [3.05, 3.63) is 53.7 Å². The molecule has 0 radical (unpaired) electrons. The molecular formula is C15H19N3S. The molecule has 0 saturated heterocycles. The van der Waals surface area contributed by atoms with E-state index in [1.54, 1.807) is 18.0 Å². The molecule has 1 heterocycles. The molecule has 0 aliphatic heterocycles. The number of nitrogens with zero attached hydrogens (tertiary/aromatic N) is 1.